The number of halogens is 2. The Morgan fingerprint density at radius 1 is 1.02 bits per heavy atom. The molecule has 0 spiro atoms. The largest absolute Gasteiger partial charge is 0.493 e. The van der Waals surface area contributed by atoms with E-state index in [1.165, 1.54) is 32.4 Å². The van der Waals surface area contributed by atoms with Crippen LogP contribution in [-0.2, 0) is 20.9 Å². The maximum absolute atomic E-state index is 12.9. The third-order valence-electron chi connectivity index (χ3n) is 5.62. The average Bonchev–Trinajstić information content (AvgIpc) is 3.20. The number of benzene rings is 3. The number of hydrogen-bond acceptors (Lipinski definition) is 8. The number of carbonyl (C=O) groups is 4. The molecule has 0 bridgehead atoms. The summed E-state index contributed by atoms with van der Waals surface area (Å²) in [7, 11) is 2.72. The Balaban J connectivity index is 1.42. The number of amides is 3. The molecule has 0 radical (unpaired) electrons. The molecule has 12 heteroatoms. The molecule has 0 aliphatic carbocycles. The van der Waals surface area contributed by atoms with E-state index in [-0.39, 0.29) is 21.2 Å². The summed E-state index contributed by atoms with van der Waals surface area (Å²) in [5.41, 5.74) is 1.91. The first-order valence-corrected chi connectivity index (χ1v) is 13.7. The molecular weight excluding hydrogens is 624 g/mol. The Hall–Kier alpha value is -3.80. The number of methoxy groups -OCH3 is 2. The lowest BCUT2D eigenvalue weighted by molar-refractivity contribution is -0.127. The zero-order chi connectivity index (χ0) is 28.8. The molecule has 1 N–H and O–H groups in total. The summed E-state index contributed by atoms with van der Waals surface area (Å²) in [6.07, 6.45) is 1.55. The number of hydrogen-bond donors (Lipinski definition) is 1. The van der Waals surface area contributed by atoms with Crippen molar-refractivity contribution in [3.8, 4) is 11.5 Å². The van der Waals surface area contributed by atoms with Crippen molar-refractivity contribution in [3.05, 3.63) is 91.8 Å². The summed E-state index contributed by atoms with van der Waals surface area (Å²) >= 11 is 10.1. The van der Waals surface area contributed by atoms with Crippen LogP contribution in [0.3, 0.4) is 0 Å². The highest BCUT2D eigenvalue weighted by Gasteiger charge is 2.36. The molecule has 40 heavy (non-hydrogen) atoms. The molecule has 3 aromatic rings. The Morgan fingerprint density at radius 2 is 1.77 bits per heavy atom. The number of anilines is 1. The maximum atomic E-state index is 12.9. The molecule has 1 aliphatic rings. The molecule has 0 saturated carbocycles. The Morgan fingerprint density at radius 3 is 2.48 bits per heavy atom. The molecule has 9 nitrogen and oxygen atoms in total. The molecule has 0 aromatic heterocycles. The summed E-state index contributed by atoms with van der Waals surface area (Å²) < 4.78 is 17.0. The second-order valence-corrected chi connectivity index (χ2v) is 10.6. The number of thioether (sulfide) groups is 1. The van der Waals surface area contributed by atoms with Gasteiger partial charge in [0, 0.05) is 10.2 Å². The zero-order valence-corrected chi connectivity index (χ0v) is 24.4. The van der Waals surface area contributed by atoms with Crippen molar-refractivity contribution in [2.24, 2.45) is 0 Å². The van der Waals surface area contributed by atoms with E-state index in [9.17, 15) is 19.2 Å². The van der Waals surface area contributed by atoms with Crippen LogP contribution in [0.5, 0.6) is 11.5 Å². The van der Waals surface area contributed by atoms with Crippen LogP contribution in [0.2, 0.25) is 5.02 Å². The minimum atomic E-state index is -0.669. The minimum Gasteiger partial charge on any atom is -0.493 e. The van der Waals surface area contributed by atoms with E-state index in [2.05, 4.69) is 26.0 Å². The molecular formula is C28H22BrClN2O7S. The van der Waals surface area contributed by atoms with Crippen molar-refractivity contribution in [1.82, 2.24) is 4.90 Å². The number of esters is 1. The molecule has 3 aromatic carbocycles. The van der Waals surface area contributed by atoms with E-state index < -0.39 is 29.6 Å². The first-order valence-electron chi connectivity index (χ1n) is 11.7. The zero-order valence-electron chi connectivity index (χ0n) is 21.2. The van der Waals surface area contributed by atoms with E-state index >= 15 is 0 Å². The third-order valence-corrected chi connectivity index (χ3v) is 7.39. The lowest BCUT2D eigenvalue weighted by Gasteiger charge is -2.13. The molecule has 1 fully saturated rings. The second kappa shape index (κ2) is 13.0. The van der Waals surface area contributed by atoms with Crippen LogP contribution < -0.4 is 14.8 Å². The maximum Gasteiger partial charge on any atom is 0.339 e. The number of rotatable bonds is 9. The number of nitrogens with one attached hydrogen (secondary N) is 1. The highest BCUT2D eigenvalue weighted by molar-refractivity contribution is 9.10. The van der Waals surface area contributed by atoms with Crippen LogP contribution in [-0.4, -0.2) is 48.7 Å². The Bertz CT molecular complexity index is 1510. The predicted octanol–water partition coefficient (Wildman–Crippen LogP) is 6.15. The van der Waals surface area contributed by atoms with Gasteiger partial charge in [-0.2, -0.15) is 0 Å². The monoisotopic (exact) mass is 644 g/mol. The molecule has 4 rings (SSSR count). The van der Waals surface area contributed by atoms with Gasteiger partial charge in [0.05, 0.1) is 29.7 Å². The quantitative estimate of drug-likeness (QED) is 0.218. The highest BCUT2D eigenvalue weighted by atomic mass is 79.9. The summed E-state index contributed by atoms with van der Waals surface area (Å²) in [6, 6.07) is 17.1. The topological polar surface area (TPSA) is 111 Å². The van der Waals surface area contributed by atoms with Crippen LogP contribution >= 0.6 is 39.3 Å². The minimum absolute atomic E-state index is 0.0660. The van der Waals surface area contributed by atoms with Gasteiger partial charge in [-0.3, -0.25) is 19.3 Å². The van der Waals surface area contributed by atoms with Crippen LogP contribution in [0.1, 0.15) is 21.5 Å². The lowest BCUT2D eigenvalue weighted by atomic mass is 10.1. The van der Waals surface area contributed by atoms with Crippen molar-refractivity contribution >= 4 is 74.1 Å². The Labute approximate surface area is 247 Å². The van der Waals surface area contributed by atoms with Crippen molar-refractivity contribution in [1.29, 1.82) is 0 Å². The fourth-order valence-corrected chi connectivity index (χ4v) is 4.93. The molecule has 0 atom stereocenters. The predicted molar refractivity (Wildman–Crippen MR) is 156 cm³/mol. The lowest BCUT2D eigenvalue weighted by Crippen LogP contribution is -2.36. The standard InChI is InChI=1S/C28H22BrClN2O7S/c1-37-23-11-17(5-10-22(23)39-15-16-3-6-18(29)7-4-16)12-24-26(34)32(28(36)40-24)14-25(33)31-19-8-9-21(30)20(13-19)27(35)38-2/h3-13H,14-15H2,1-2H3,(H,31,33)/b24-12-. The van der Waals surface area contributed by atoms with Gasteiger partial charge in [0.2, 0.25) is 5.91 Å². The van der Waals surface area contributed by atoms with Crippen molar-refractivity contribution in [2.75, 3.05) is 26.1 Å². The number of imide groups is 1. The van der Waals surface area contributed by atoms with Crippen LogP contribution in [0.4, 0.5) is 10.5 Å². The van der Waals surface area contributed by atoms with Crippen molar-refractivity contribution in [2.45, 2.75) is 6.61 Å². The van der Waals surface area contributed by atoms with Gasteiger partial charge in [0.1, 0.15) is 13.2 Å². The van der Waals surface area contributed by atoms with Gasteiger partial charge in [-0.15, -0.1) is 0 Å². The molecule has 1 saturated heterocycles. The number of nitrogens with zero attached hydrogens (tertiary/aromatic N) is 1. The van der Waals surface area contributed by atoms with Crippen LogP contribution in [0, 0.1) is 0 Å². The van der Waals surface area contributed by atoms with E-state index in [0.29, 0.717) is 23.7 Å². The summed E-state index contributed by atoms with van der Waals surface area (Å²) in [4.78, 5) is 50.9. The third kappa shape index (κ3) is 7.04. The Kier molecular flexibility index (Phi) is 9.51. The smallest absolute Gasteiger partial charge is 0.339 e. The van der Waals surface area contributed by atoms with Crippen molar-refractivity contribution in [3.63, 3.8) is 0 Å². The van der Waals surface area contributed by atoms with Crippen LogP contribution in [0.15, 0.2) is 70.0 Å². The first kappa shape index (κ1) is 29.2. The molecule has 206 valence electrons. The van der Waals surface area contributed by atoms with Gasteiger partial charge in [-0.05, 0) is 71.4 Å². The molecule has 1 heterocycles. The van der Waals surface area contributed by atoms with Crippen molar-refractivity contribution < 1.29 is 33.4 Å². The van der Waals surface area contributed by atoms with E-state index in [1.807, 2.05) is 24.3 Å². The molecule has 1 aliphatic heterocycles. The van der Waals surface area contributed by atoms with Gasteiger partial charge in [0.25, 0.3) is 11.1 Å². The van der Waals surface area contributed by atoms with Gasteiger partial charge >= 0.3 is 5.97 Å². The fraction of sp³-hybridized carbons (Fsp3) is 0.143. The highest BCUT2D eigenvalue weighted by Crippen LogP contribution is 2.35. The van der Waals surface area contributed by atoms with Gasteiger partial charge in [-0.1, -0.05) is 45.7 Å². The van der Waals surface area contributed by atoms with Gasteiger partial charge in [0.15, 0.2) is 11.5 Å². The van der Waals surface area contributed by atoms with Crippen LogP contribution in [0.25, 0.3) is 6.08 Å². The summed E-state index contributed by atoms with van der Waals surface area (Å²) in [5.74, 6) is -0.927. The molecule has 0 unspecified atom stereocenters. The summed E-state index contributed by atoms with van der Waals surface area (Å²) in [5, 5.41) is 2.13. The molecule has 3 amide bonds. The number of ether oxygens (including phenoxy) is 3. The fourth-order valence-electron chi connectivity index (χ4n) is 3.64. The average molecular weight is 646 g/mol. The van der Waals surface area contributed by atoms with E-state index in [4.69, 9.17) is 21.1 Å². The SMILES string of the molecule is COC(=O)c1cc(NC(=O)CN2C(=O)S/C(=C\c3ccc(OCc4ccc(Br)cc4)c(OC)c3)C2=O)ccc1Cl. The number of carbonyl (C=O) groups excluding carboxylic acids is 4. The normalized spacial score (nSPS) is 13.9. The second-order valence-electron chi connectivity index (χ2n) is 8.33. The van der Waals surface area contributed by atoms with Gasteiger partial charge < -0.3 is 19.5 Å². The van der Waals surface area contributed by atoms with E-state index in [0.717, 1.165) is 26.7 Å². The van der Waals surface area contributed by atoms with Gasteiger partial charge in [-0.25, -0.2) is 4.79 Å². The first-order chi connectivity index (χ1) is 19.2. The van der Waals surface area contributed by atoms with E-state index in [1.54, 1.807) is 24.3 Å². The summed E-state index contributed by atoms with van der Waals surface area (Å²) in [6.45, 7) is -0.172.